The molecule has 4 aliphatic heterocycles. The monoisotopic (exact) mass is 424 g/mol. The van der Waals surface area contributed by atoms with Crippen LogP contribution in [-0.4, -0.2) is 55.4 Å². The highest BCUT2D eigenvalue weighted by molar-refractivity contribution is 6.84. The van der Waals surface area contributed by atoms with Gasteiger partial charge in [-0.2, -0.15) is 0 Å². The van der Waals surface area contributed by atoms with Crippen LogP contribution >= 0.6 is 0 Å². The highest BCUT2D eigenvalue weighted by atomic mass is 16.9. The number of rotatable bonds is 1. The van der Waals surface area contributed by atoms with Crippen molar-refractivity contribution >= 4 is 38.8 Å². The number of para-hydroxylation sites is 2. The number of benzene rings is 3. The van der Waals surface area contributed by atoms with Gasteiger partial charge in [0.1, 0.15) is 12.4 Å². The van der Waals surface area contributed by atoms with Crippen LogP contribution in [0, 0.1) is 0 Å². The molecule has 2 saturated heterocycles. The molecule has 0 amide bonds. The van der Waals surface area contributed by atoms with Gasteiger partial charge in [0.2, 0.25) is 0 Å². The molecule has 32 heavy (non-hydrogen) atoms. The maximum Gasteiger partial charge on any atom is 0.709 e. The quantitative estimate of drug-likeness (QED) is 0.553. The molecule has 0 saturated carbocycles. The zero-order valence-corrected chi connectivity index (χ0v) is 17.2. The van der Waals surface area contributed by atoms with Crippen LogP contribution in [0.5, 0.6) is 11.5 Å². The van der Waals surface area contributed by atoms with Crippen LogP contribution < -0.4 is 14.8 Å². The van der Waals surface area contributed by atoms with E-state index in [0.717, 1.165) is 16.6 Å². The normalized spacial score (nSPS) is 27.2. The van der Waals surface area contributed by atoms with Crippen LogP contribution in [0.1, 0.15) is 11.1 Å². The van der Waals surface area contributed by atoms with Crippen LogP contribution in [0.25, 0.3) is 0 Å². The third kappa shape index (κ3) is 2.64. The van der Waals surface area contributed by atoms with Crippen molar-refractivity contribution in [1.29, 1.82) is 0 Å². The predicted octanol–water partition coefficient (Wildman–Crippen LogP) is 1.38. The van der Waals surface area contributed by atoms with E-state index in [-0.39, 0.29) is 0 Å². The lowest BCUT2D eigenvalue weighted by molar-refractivity contribution is -0.487. The lowest BCUT2D eigenvalue weighted by atomic mass is 9.67. The average molecular weight is 424 g/mol. The van der Waals surface area contributed by atoms with Gasteiger partial charge in [0.05, 0.1) is 22.6 Å². The molecule has 7 nitrogen and oxygen atoms in total. The molecule has 2 atom stereocenters. The second kappa shape index (κ2) is 6.59. The van der Waals surface area contributed by atoms with Crippen molar-refractivity contribution in [3.05, 3.63) is 90.0 Å². The molecule has 4 heterocycles. The summed E-state index contributed by atoms with van der Waals surface area (Å²) >= 11 is 0. The third-order valence-corrected chi connectivity index (χ3v) is 6.44. The van der Waals surface area contributed by atoms with E-state index in [9.17, 15) is 0 Å². The molecule has 0 unspecified atom stereocenters. The molecule has 0 radical (unpaired) electrons. The number of fused-ring (bicyclic) bond motifs is 2. The summed E-state index contributed by atoms with van der Waals surface area (Å²) < 4.78 is 36.6. The van der Waals surface area contributed by atoms with Crippen LogP contribution in [0.15, 0.2) is 78.9 Å². The Bertz CT molecular complexity index is 1220. The van der Waals surface area contributed by atoms with Crippen molar-refractivity contribution in [2.45, 2.75) is 0 Å². The molecule has 10 heteroatoms. The van der Waals surface area contributed by atoms with Gasteiger partial charge >= 0.3 is 20.9 Å². The first kappa shape index (κ1) is 18.3. The van der Waals surface area contributed by atoms with Gasteiger partial charge in [0.25, 0.3) is 0 Å². The predicted molar refractivity (Wildman–Crippen MR) is 121 cm³/mol. The Morgan fingerprint density at radius 2 is 1.12 bits per heavy atom. The summed E-state index contributed by atoms with van der Waals surface area (Å²) in [6.07, 6.45) is 4.09. The molecular weight excluding hydrogens is 405 g/mol. The van der Waals surface area contributed by atoms with Crippen LogP contribution in [0.2, 0.25) is 0 Å². The highest BCUT2D eigenvalue weighted by Gasteiger charge is 2.68. The van der Waals surface area contributed by atoms with Crippen molar-refractivity contribution in [1.82, 2.24) is 0 Å². The lowest BCUT2D eigenvalue weighted by Crippen LogP contribution is -2.78. The van der Waals surface area contributed by atoms with Crippen molar-refractivity contribution in [3.63, 3.8) is 0 Å². The van der Waals surface area contributed by atoms with Gasteiger partial charge in [0, 0.05) is 0 Å². The Hall–Kier alpha value is -3.33. The van der Waals surface area contributed by atoms with Crippen molar-refractivity contribution in [2.24, 2.45) is 0 Å². The van der Waals surface area contributed by atoms with Gasteiger partial charge in [-0.1, -0.05) is 54.6 Å². The largest absolute Gasteiger partial charge is 0.709 e. The average Bonchev–Trinajstić information content (AvgIpc) is 2.92. The fourth-order valence-corrected chi connectivity index (χ4v) is 4.88. The molecule has 2 bridgehead atoms. The first-order chi connectivity index (χ1) is 15.7. The van der Waals surface area contributed by atoms with Crippen molar-refractivity contribution < 1.29 is 32.0 Å². The van der Waals surface area contributed by atoms with Gasteiger partial charge in [-0.25, -0.2) is 0 Å². The fourth-order valence-electron chi connectivity index (χ4n) is 4.88. The molecule has 0 N–H and O–H groups in total. The van der Waals surface area contributed by atoms with E-state index >= 15 is 0 Å². The van der Waals surface area contributed by atoms with E-state index in [1.807, 2.05) is 100 Å². The molecule has 4 aliphatic rings. The molecule has 7 rings (SSSR count). The Morgan fingerprint density at radius 3 is 1.69 bits per heavy atom. The summed E-state index contributed by atoms with van der Waals surface area (Å²) in [5.41, 5.74) is 2.82. The van der Waals surface area contributed by atoms with Gasteiger partial charge in [-0.3, -0.25) is 0 Å². The Morgan fingerprint density at radius 1 is 0.625 bits per heavy atom. The van der Waals surface area contributed by atoms with Gasteiger partial charge in [0.15, 0.2) is 13.1 Å². The standard InChI is InChI=1S/C22H19B3N2O5/c1-2-10-20(11-3-1)23-30-24-26(16-18-8-4-6-12-21(18)28-24)14-15-27-17-19-9-5-7-13-22(19)29-25(27,31-23)32-24/h1-13,16-17H,14-15H2/t24-,25+. The molecule has 0 aromatic heterocycles. The van der Waals surface area contributed by atoms with E-state index in [1.54, 1.807) is 0 Å². The van der Waals surface area contributed by atoms with E-state index in [2.05, 4.69) is 0 Å². The Kier molecular flexibility index (Phi) is 3.76. The second-order valence-corrected chi connectivity index (χ2v) is 8.41. The Labute approximate surface area is 185 Å². The van der Waals surface area contributed by atoms with Gasteiger partial charge < -0.3 is 32.0 Å². The number of nitrogens with zero attached hydrogens (tertiary/aromatic N) is 2. The number of hydrogen-bond donors (Lipinski definition) is 0. The van der Waals surface area contributed by atoms with Crippen LogP contribution in [-0.2, 0) is 13.7 Å². The molecule has 0 aliphatic carbocycles. The smallest absolute Gasteiger partial charge is 0.609 e. The summed E-state index contributed by atoms with van der Waals surface area (Å²) in [4.78, 5) is 0. The second-order valence-electron chi connectivity index (χ2n) is 8.41. The zero-order valence-electron chi connectivity index (χ0n) is 17.2. The summed E-state index contributed by atoms with van der Waals surface area (Å²) in [5.74, 6) is 1.41. The first-order valence-corrected chi connectivity index (χ1v) is 10.9. The zero-order chi connectivity index (χ0) is 21.2. The Balaban J connectivity index is 1.42. The van der Waals surface area contributed by atoms with Crippen molar-refractivity contribution in [3.8, 4) is 11.5 Å². The van der Waals surface area contributed by atoms with E-state index in [1.165, 1.54) is 0 Å². The molecule has 3 aromatic rings. The minimum absolute atomic E-state index is 0.616. The van der Waals surface area contributed by atoms with E-state index < -0.39 is 20.9 Å². The van der Waals surface area contributed by atoms with Gasteiger partial charge in [-0.05, 0) is 29.7 Å². The van der Waals surface area contributed by atoms with Crippen molar-refractivity contribution in [2.75, 3.05) is 13.1 Å². The minimum Gasteiger partial charge on any atom is -0.609 e. The summed E-state index contributed by atoms with van der Waals surface area (Å²) in [6.45, 7) is -3.54. The maximum absolute atomic E-state index is 6.62. The van der Waals surface area contributed by atoms with Gasteiger partial charge in [-0.15, -0.1) is 0 Å². The fraction of sp³-hybridized carbons (Fsp3) is 0.0909. The molecule has 2 fully saturated rings. The molecular formula is C22H19B3N2O5. The topological polar surface area (TPSA) is 52.2 Å². The van der Waals surface area contributed by atoms with E-state index in [4.69, 9.17) is 23.0 Å². The molecule has 156 valence electrons. The highest BCUT2D eigenvalue weighted by Crippen LogP contribution is 2.37. The van der Waals surface area contributed by atoms with Crippen LogP contribution in [0.3, 0.4) is 0 Å². The lowest BCUT2D eigenvalue weighted by Gasteiger charge is -2.52. The summed E-state index contributed by atoms with van der Waals surface area (Å²) in [7, 11) is -0.731. The number of hydrogen-bond acceptors (Lipinski definition) is 5. The minimum atomic E-state index is -2.39. The summed E-state index contributed by atoms with van der Waals surface area (Å²) in [6, 6.07) is 25.5. The first-order valence-electron chi connectivity index (χ1n) is 10.9. The third-order valence-electron chi connectivity index (χ3n) is 6.44. The molecule has 3 aromatic carbocycles. The van der Waals surface area contributed by atoms with E-state index in [0.29, 0.717) is 24.6 Å². The molecule has 2 spiro atoms. The maximum atomic E-state index is 6.62. The SMILES string of the molecule is C1=[N+]2CC[N+]3=Cc4ccccc4O[B@@-]34OB(c3ccccc3)O[B@-]2(Oc2ccccc21)O4. The summed E-state index contributed by atoms with van der Waals surface area (Å²) in [5, 5.41) is 0. The van der Waals surface area contributed by atoms with Crippen LogP contribution in [0.4, 0.5) is 0 Å².